The smallest absolute Gasteiger partial charge is 0.320 e. The Balaban J connectivity index is 2.23. The van der Waals surface area contributed by atoms with E-state index in [-0.39, 0.29) is 6.04 Å². The molecule has 2 N–H and O–H groups in total. The van der Waals surface area contributed by atoms with Crippen LogP contribution >= 0.6 is 0 Å². The van der Waals surface area contributed by atoms with Crippen LogP contribution in [0.3, 0.4) is 0 Å². The second-order valence-electron chi connectivity index (χ2n) is 5.38. The van der Waals surface area contributed by atoms with Crippen molar-refractivity contribution >= 4 is 5.97 Å². The molecule has 1 aliphatic rings. The van der Waals surface area contributed by atoms with Gasteiger partial charge in [-0.3, -0.25) is 4.79 Å². The van der Waals surface area contributed by atoms with Crippen LogP contribution in [0.2, 0.25) is 0 Å². The van der Waals surface area contributed by atoms with E-state index in [0.29, 0.717) is 6.42 Å². The van der Waals surface area contributed by atoms with E-state index in [0.717, 1.165) is 38.5 Å². The Kier molecular flexibility index (Phi) is 7.28. The number of nitrogens with zero attached hydrogens (tertiary/aromatic N) is 1. The Labute approximate surface area is 111 Å². The van der Waals surface area contributed by atoms with Crippen LogP contribution in [-0.2, 0) is 4.79 Å². The van der Waals surface area contributed by atoms with E-state index in [1.807, 2.05) is 0 Å². The molecule has 2 unspecified atom stereocenters. The van der Waals surface area contributed by atoms with Gasteiger partial charge in [0.05, 0.1) is 0 Å². The Hall–Kier alpha value is -0.610. The highest BCUT2D eigenvalue weighted by Gasteiger charge is 2.23. The van der Waals surface area contributed by atoms with Gasteiger partial charge in [-0.05, 0) is 44.7 Å². The summed E-state index contributed by atoms with van der Waals surface area (Å²) in [5.41, 5.74) is 0. The summed E-state index contributed by atoms with van der Waals surface area (Å²) < 4.78 is 0. The molecule has 106 valence electrons. The minimum absolute atomic E-state index is 0.379. The SMILES string of the molecule is CCCNC(CCN1CCC(CCC)C1)C(=O)O. The van der Waals surface area contributed by atoms with Crippen LogP contribution in [-0.4, -0.2) is 48.2 Å². The summed E-state index contributed by atoms with van der Waals surface area (Å²) in [6.45, 7) is 8.29. The number of nitrogens with one attached hydrogen (secondary N) is 1. The van der Waals surface area contributed by atoms with E-state index in [2.05, 4.69) is 24.1 Å². The van der Waals surface area contributed by atoms with E-state index in [4.69, 9.17) is 5.11 Å². The third-order valence-electron chi connectivity index (χ3n) is 3.74. The standard InChI is InChI=1S/C14H28N2O2/c1-3-5-12-6-9-16(11-12)10-7-13(14(17)18)15-8-4-2/h12-13,15H,3-11H2,1-2H3,(H,17,18). The molecule has 4 nitrogen and oxygen atoms in total. The number of aliphatic carboxylic acids is 1. The normalized spacial score (nSPS) is 22.2. The first-order chi connectivity index (χ1) is 8.67. The van der Waals surface area contributed by atoms with Crippen molar-refractivity contribution in [1.29, 1.82) is 0 Å². The third-order valence-corrected chi connectivity index (χ3v) is 3.74. The van der Waals surface area contributed by atoms with Gasteiger partial charge in [0.15, 0.2) is 0 Å². The molecule has 1 fully saturated rings. The molecule has 1 aliphatic heterocycles. The minimum Gasteiger partial charge on any atom is -0.480 e. The Morgan fingerprint density at radius 3 is 2.83 bits per heavy atom. The fourth-order valence-electron chi connectivity index (χ4n) is 2.70. The molecule has 0 amide bonds. The summed E-state index contributed by atoms with van der Waals surface area (Å²) in [6.07, 6.45) is 5.55. The van der Waals surface area contributed by atoms with Gasteiger partial charge in [-0.15, -0.1) is 0 Å². The van der Waals surface area contributed by atoms with Gasteiger partial charge in [-0.1, -0.05) is 20.3 Å². The zero-order valence-electron chi connectivity index (χ0n) is 11.8. The summed E-state index contributed by atoms with van der Waals surface area (Å²) in [6, 6.07) is -0.379. The highest BCUT2D eigenvalue weighted by molar-refractivity contribution is 5.73. The number of hydrogen-bond donors (Lipinski definition) is 2. The first kappa shape index (κ1) is 15.4. The van der Waals surface area contributed by atoms with Crippen molar-refractivity contribution in [3.05, 3.63) is 0 Å². The highest BCUT2D eigenvalue weighted by Crippen LogP contribution is 2.20. The van der Waals surface area contributed by atoms with Crippen LogP contribution in [0.5, 0.6) is 0 Å². The van der Waals surface area contributed by atoms with Crippen LogP contribution in [0.15, 0.2) is 0 Å². The molecule has 0 bridgehead atoms. The molecular weight excluding hydrogens is 228 g/mol. The van der Waals surface area contributed by atoms with Gasteiger partial charge in [-0.2, -0.15) is 0 Å². The quantitative estimate of drug-likeness (QED) is 0.662. The van der Waals surface area contributed by atoms with Crippen LogP contribution in [0.4, 0.5) is 0 Å². The molecule has 0 saturated carbocycles. The molecule has 0 spiro atoms. The third kappa shape index (κ3) is 5.36. The van der Waals surface area contributed by atoms with Crippen molar-refractivity contribution in [3.8, 4) is 0 Å². The lowest BCUT2D eigenvalue weighted by Gasteiger charge is -2.19. The average Bonchev–Trinajstić information content (AvgIpc) is 2.77. The fraction of sp³-hybridized carbons (Fsp3) is 0.929. The molecule has 0 aromatic carbocycles. The zero-order valence-corrected chi connectivity index (χ0v) is 11.8. The van der Waals surface area contributed by atoms with Gasteiger partial charge in [0.1, 0.15) is 6.04 Å². The van der Waals surface area contributed by atoms with Crippen molar-refractivity contribution < 1.29 is 9.90 Å². The maximum atomic E-state index is 11.1. The van der Waals surface area contributed by atoms with Gasteiger partial charge in [0, 0.05) is 13.1 Å². The molecule has 0 radical (unpaired) electrons. The first-order valence-corrected chi connectivity index (χ1v) is 7.35. The van der Waals surface area contributed by atoms with Crippen LogP contribution in [0, 0.1) is 5.92 Å². The van der Waals surface area contributed by atoms with E-state index in [1.54, 1.807) is 0 Å². The molecule has 0 aromatic rings. The highest BCUT2D eigenvalue weighted by atomic mass is 16.4. The van der Waals surface area contributed by atoms with E-state index in [1.165, 1.54) is 19.3 Å². The van der Waals surface area contributed by atoms with E-state index >= 15 is 0 Å². The van der Waals surface area contributed by atoms with Crippen molar-refractivity contribution in [2.75, 3.05) is 26.2 Å². The van der Waals surface area contributed by atoms with Crippen LogP contribution in [0.25, 0.3) is 0 Å². The molecule has 1 rings (SSSR count). The summed E-state index contributed by atoms with van der Waals surface area (Å²) in [4.78, 5) is 13.5. The summed E-state index contributed by atoms with van der Waals surface area (Å²) in [5.74, 6) is 0.120. The molecule has 1 saturated heterocycles. The monoisotopic (exact) mass is 256 g/mol. The Morgan fingerprint density at radius 1 is 1.44 bits per heavy atom. The molecule has 18 heavy (non-hydrogen) atoms. The van der Waals surface area contributed by atoms with Crippen molar-refractivity contribution in [2.45, 2.75) is 52.0 Å². The number of likely N-dealkylation sites (tertiary alicyclic amines) is 1. The Bertz CT molecular complexity index is 246. The van der Waals surface area contributed by atoms with Gasteiger partial charge < -0.3 is 15.3 Å². The number of carboxylic acid groups (broad SMARTS) is 1. The summed E-state index contributed by atoms with van der Waals surface area (Å²) >= 11 is 0. The second-order valence-corrected chi connectivity index (χ2v) is 5.38. The van der Waals surface area contributed by atoms with E-state index in [9.17, 15) is 4.79 Å². The fourth-order valence-corrected chi connectivity index (χ4v) is 2.70. The number of rotatable bonds is 9. The predicted molar refractivity (Wildman–Crippen MR) is 73.8 cm³/mol. The number of hydrogen-bond acceptors (Lipinski definition) is 3. The largest absolute Gasteiger partial charge is 0.480 e. The molecule has 1 heterocycles. The lowest BCUT2D eigenvalue weighted by Crippen LogP contribution is -2.40. The van der Waals surface area contributed by atoms with Gasteiger partial charge in [0.25, 0.3) is 0 Å². The van der Waals surface area contributed by atoms with Gasteiger partial charge >= 0.3 is 5.97 Å². The van der Waals surface area contributed by atoms with Crippen molar-refractivity contribution in [2.24, 2.45) is 5.92 Å². The Morgan fingerprint density at radius 2 is 2.22 bits per heavy atom. The maximum Gasteiger partial charge on any atom is 0.320 e. The van der Waals surface area contributed by atoms with Crippen molar-refractivity contribution in [3.63, 3.8) is 0 Å². The average molecular weight is 256 g/mol. The first-order valence-electron chi connectivity index (χ1n) is 7.35. The molecule has 4 heteroatoms. The molecular formula is C14H28N2O2. The second kappa shape index (κ2) is 8.48. The molecule has 0 aliphatic carbocycles. The molecule has 0 aromatic heterocycles. The van der Waals surface area contributed by atoms with Gasteiger partial charge in [0.2, 0.25) is 0 Å². The number of carboxylic acids is 1. The molecule has 2 atom stereocenters. The van der Waals surface area contributed by atoms with Crippen molar-refractivity contribution in [1.82, 2.24) is 10.2 Å². The van der Waals surface area contributed by atoms with E-state index < -0.39 is 5.97 Å². The van der Waals surface area contributed by atoms with Crippen LogP contribution in [0.1, 0.15) is 46.0 Å². The zero-order chi connectivity index (χ0) is 13.4. The summed E-state index contributed by atoms with van der Waals surface area (Å²) in [7, 11) is 0. The van der Waals surface area contributed by atoms with Gasteiger partial charge in [-0.25, -0.2) is 0 Å². The summed E-state index contributed by atoms with van der Waals surface area (Å²) in [5, 5.41) is 12.2. The number of carbonyl (C=O) groups is 1. The minimum atomic E-state index is -0.715. The topological polar surface area (TPSA) is 52.6 Å². The predicted octanol–water partition coefficient (Wildman–Crippen LogP) is 1.95. The maximum absolute atomic E-state index is 11.1. The lowest BCUT2D eigenvalue weighted by molar-refractivity contribution is -0.139. The van der Waals surface area contributed by atoms with Crippen LogP contribution < -0.4 is 5.32 Å². The lowest BCUT2D eigenvalue weighted by atomic mass is 10.0.